The van der Waals surface area contributed by atoms with Crippen LogP contribution in [0.2, 0.25) is 0 Å². The largest absolute Gasteiger partial charge is 0.346 e. The molecule has 0 radical (unpaired) electrons. The molecule has 4 N–H and O–H groups in total. The summed E-state index contributed by atoms with van der Waals surface area (Å²) in [5, 5.41) is 4.86. The van der Waals surface area contributed by atoms with E-state index in [9.17, 15) is 9.59 Å². The number of nitrogens with one attached hydrogen (secondary N) is 2. The van der Waals surface area contributed by atoms with Crippen LogP contribution in [0.4, 0.5) is 0 Å². The van der Waals surface area contributed by atoms with Gasteiger partial charge in [0.25, 0.3) is 0 Å². The molecular formula is C6H13N3O2S2. The van der Waals surface area contributed by atoms with Gasteiger partial charge in [-0.2, -0.15) is 25.3 Å². The van der Waals surface area contributed by atoms with Gasteiger partial charge >= 0.3 is 0 Å². The fourth-order valence-electron chi connectivity index (χ4n) is 0.648. The summed E-state index contributed by atoms with van der Waals surface area (Å²) in [6.45, 7) is -0.140. The van der Waals surface area contributed by atoms with Gasteiger partial charge < -0.3 is 16.4 Å². The van der Waals surface area contributed by atoms with Gasteiger partial charge in [0.15, 0.2) is 0 Å². The summed E-state index contributed by atoms with van der Waals surface area (Å²) in [5.41, 5.74) is 5.07. The van der Waals surface area contributed by atoms with Crippen molar-refractivity contribution < 1.29 is 9.59 Å². The summed E-state index contributed by atoms with van der Waals surface area (Å²) in [5.74, 6) is -0.243. The molecule has 7 heteroatoms. The van der Waals surface area contributed by atoms with Crippen LogP contribution in [-0.2, 0) is 9.59 Å². The lowest BCUT2D eigenvalue weighted by molar-refractivity contribution is -0.127. The maximum atomic E-state index is 11.2. The van der Waals surface area contributed by atoms with Gasteiger partial charge in [-0.25, -0.2) is 0 Å². The second kappa shape index (κ2) is 7.05. The van der Waals surface area contributed by atoms with Gasteiger partial charge in [0.05, 0.1) is 12.4 Å². The molecule has 0 aliphatic rings. The van der Waals surface area contributed by atoms with E-state index in [0.717, 1.165) is 0 Å². The average molecular weight is 223 g/mol. The first-order valence-corrected chi connectivity index (χ1v) is 4.91. The Bertz CT molecular complexity index is 189. The minimum absolute atomic E-state index is 0.140. The first kappa shape index (κ1) is 12.6. The molecule has 0 fully saturated rings. The van der Waals surface area contributed by atoms with Crippen molar-refractivity contribution in [3.8, 4) is 0 Å². The van der Waals surface area contributed by atoms with Crippen LogP contribution in [0.25, 0.3) is 0 Å². The molecule has 0 aromatic rings. The Morgan fingerprint density at radius 2 is 2.00 bits per heavy atom. The van der Waals surface area contributed by atoms with Crippen molar-refractivity contribution in [2.45, 2.75) is 6.04 Å². The number of hydrogen-bond donors (Lipinski definition) is 5. The molecular weight excluding hydrogens is 210 g/mol. The fraction of sp³-hybridized carbons (Fsp3) is 0.667. The standard InChI is InChI=1S/C6H13N3O2S2/c7-1-5(10)9-4(2-12)6(11)8-3-13/h4,12-13H,1-3,7H2,(H,8,11)(H,9,10). The molecule has 0 rings (SSSR count). The summed E-state index contributed by atoms with van der Waals surface area (Å²) < 4.78 is 0. The Morgan fingerprint density at radius 3 is 2.38 bits per heavy atom. The summed E-state index contributed by atoms with van der Waals surface area (Å²) in [7, 11) is 0. The Kier molecular flexibility index (Phi) is 6.83. The third-order valence-electron chi connectivity index (χ3n) is 1.27. The molecule has 5 nitrogen and oxygen atoms in total. The van der Waals surface area contributed by atoms with Gasteiger partial charge in [0.1, 0.15) is 6.04 Å². The lowest BCUT2D eigenvalue weighted by Crippen LogP contribution is -2.49. The summed E-state index contributed by atoms with van der Waals surface area (Å²) in [4.78, 5) is 22.0. The predicted molar refractivity (Wildman–Crippen MR) is 56.8 cm³/mol. The van der Waals surface area contributed by atoms with Crippen LogP contribution in [0.5, 0.6) is 0 Å². The SMILES string of the molecule is NCC(=O)NC(CS)C(=O)NCS. The van der Waals surface area contributed by atoms with Gasteiger partial charge in [-0.05, 0) is 0 Å². The Balaban J connectivity index is 4.01. The molecule has 1 atom stereocenters. The number of thiol groups is 2. The fourth-order valence-corrected chi connectivity index (χ4v) is 1.06. The van der Waals surface area contributed by atoms with E-state index in [2.05, 4.69) is 35.9 Å². The van der Waals surface area contributed by atoms with Crippen molar-refractivity contribution in [2.75, 3.05) is 18.2 Å². The number of nitrogens with two attached hydrogens (primary N) is 1. The van der Waals surface area contributed by atoms with Crippen molar-refractivity contribution >= 4 is 37.1 Å². The Morgan fingerprint density at radius 1 is 1.38 bits per heavy atom. The molecule has 1 unspecified atom stereocenters. The molecule has 0 aliphatic heterocycles. The van der Waals surface area contributed by atoms with E-state index in [1.807, 2.05) is 0 Å². The van der Waals surface area contributed by atoms with Crippen molar-refractivity contribution in [3.63, 3.8) is 0 Å². The molecule has 0 bridgehead atoms. The van der Waals surface area contributed by atoms with Gasteiger partial charge in [0, 0.05) is 5.75 Å². The van der Waals surface area contributed by atoms with Crippen LogP contribution in [0.1, 0.15) is 0 Å². The van der Waals surface area contributed by atoms with E-state index in [1.54, 1.807) is 0 Å². The summed E-state index contributed by atoms with van der Waals surface area (Å²) in [6, 6.07) is -0.647. The van der Waals surface area contributed by atoms with Crippen LogP contribution < -0.4 is 16.4 Å². The van der Waals surface area contributed by atoms with Gasteiger partial charge in [-0.15, -0.1) is 0 Å². The highest BCUT2D eigenvalue weighted by Crippen LogP contribution is 1.88. The summed E-state index contributed by atoms with van der Waals surface area (Å²) in [6.07, 6.45) is 0. The molecule has 76 valence electrons. The maximum Gasteiger partial charge on any atom is 0.244 e. The summed E-state index contributed by atoms with van der Waals surface area (Å²) >= 11 is 7.73. The average Bonchev–Trinajstić information content (AvgIpc) is 2.14. The van der Waals surface area contributed by atoms with Gasteiger partial charge in [0.2, 0.25) is 11.8 Å². The molecule has 2 amide bonds. The van der Waals surface area contributed by atoms with Crippen molar-refractivity contribution in [3.05, 3.63) is 0 Å². The van der Waals surface area contributed by atoms with E-state index >= 15 is 0 Å². The van der Waals surface area contributed by atoms with Crippen LogP contribution in [-0.4, -0.2) is 36.0 Å². The monoisotopic (exact) mass is 223 g/mol. The van der Waals surface area contributed by atoms with E-state index in [1.165, 1.54) is 0 Å². The molecule has 13 heavy (non-hydrogen) atoms. The molecule has 0 aromatic carbocycles. The van der Waals surface area contributed by atoms with Crippen LogP contribution >= 0.6 is 25.3 Å². The Labute approximate surface area is 87.6 Å². The highest BCUT2D eigenvalue weighted by molar-refractivity contribution is 7.80. The van der Waals surface area contributed by atoms with Gasteiger partial charge in [-0.1, -0.05) is 0 Å². The number of amides is 2. The van der Waals surface area contributed by atoms with E-state index < -0.39 is 6.04 Å². The second-order valence-electron chi connectivity index (χ2n) is 2.21. The van der Waals surface area contributed by atoms with Crippen molar-refractivity contribution in [2.24, 2.45) is 5.73 Å². The third-order valence-corrected chi connectivity index (χ3v) is 1.80. The molecule has 0 aromatic heterocycles. The molecule has 0 saturated heterocycles. The predicted octanol–water partition coefficient (Wildman–Crippen LogP) is -1.64. The lowest BCUT2D eigenvalue weighted by atomic mass is 10.3. The third kappa shape index (κ3) is 5.02. The topological polar surface area (TPSA) is 84.2 Å². The van der Waals surface area contributed by atoms with E-state index in [-0.39, 0.29) is 30.0 Å². The van der Waals surface area contributed by atoms with Gasteiger partial charge in [-0.3, -0.25) is 9.59 Å². The van der Waals surface area contributed by atoms with Crippen molar-refractivity contribution in [1.82, 2.24) is 10.6 Å². The molecule has 0 aliphatic carbocycles. The highest BCUT2D eigenvalue weighted by atomic mass is 32.1. The highest BCUT2D eigenvalue weighted by Gasteiger charge is 2.17. The van der Waals surface area contributed by atoms with Crippen LogP contribution in [0.15, 0.2) is 0 Å². The minimum atomic E-state index is -0.647. The second-order valence-corrected chi connectivity index (χ2v) is 2.89. The number of hydrogen-bond acceptors (Lipinski definition) is 5. The Hall–Kier alpha value is -0.400. The van der Waals surface area contributed by atoms with Crippen molar-refractivity contribution in [1.29, 1.82) is 0 Å². The lowest BCUT2D eigenvalue weighted by Gasteiger charge is -2.14. The number of carbonyl (C=O) groups excluding carboxylic acids is 2. The normalized spacial score (nSPS) is 11.9. The minimum Gasteiger partial charge on any atom is -0.346 e. The zero-order valence-electron chi connectivity index (χ0n) is 6.99. The smallest absolute Gasteiger partial charge is 0.244 e. The van der Waals surface area contributed by atoms with E-state index in [0.29, 0.717) is 0 Å². The number of rotatable bonds is 5. The first-order valence-electron chi connectivity index (χ1n) is 3.64. The van der Waals surface area contributed by atoms with Crippen LogP contribution in [0, 0.1) is 0 Å². The van der Waals surface area contributed by atoms with Crippen LogP contribution in [0.3, 0.4) is 0 Å². The number of carbonyl (C=O) groups is 2. The molecule has 0 heterocycles. The zero-order chi connectivity index (χ0) is 10.3. The zero-order valence-corrected chi connectivity index (χ0v) is 8.78. The van der Waals surface area contributed by atoms with E-state index in [4.69, 9.17) is 5.73 Å². The molecule has 0 spiro atoms. The maximum absolute atomic E-state index is 11.2. The quantitative estimate of drug-likeness (QED) is 0.286. The first-order chi connectivity index (χ1) is 6.15. The molecule has 0 saturated carbocycles.